The first-order valence-electron chi connectivity index (χ1n) is 13.2. The van der Waals surface area contributed by atoms with Gasteiger partial charge < -0.3 is 4.90 Å². The summed E-state index contributed by atoms with van der Waals surface area (Å²) in [7, 11) is 0. The molecular weight excluding hydrogens is 354 g/mol. The van der Waals surface area contributed by atoms with Crippen LogP contribution in [-0.2, 0) is 4.79 Å². The predicted molar refractivity (Wildman–Crippen MR) is 117 cm³/mol. The number of quaternary nitrogens is 1. The fourth-order valence-corrected chi connectivity index (χ4v) is 11.1. The van der Waals surface area contributed by atoms with Crippen molar-refractivity contribution in [1.82, 2.24) is 0 Å². The molecule has 4 aliphatic carbocycles. The van der Waals surface area contributed by atoms with Crippen molar-refractivity contribution >= 4 is 5.78 Å². The van der Waals surface area contributed by atoms with Crippen molar-refractivity contribution in [3.8, 4) is 0 Å². The number of rotatable bonds is 0. The maximum absolute atomic E-state index is 12.2. The lowest BCUT2D eigenvalue weighted by atomic mass is 9.44. The molecule has 0 radical (unpaired) electrons. The van der Waals surface area contributed by atoms with E-state index in [0.29, 0.717) is 22.5 Å². The highest BCUT2D eigenvalue weighted by Gasteiger charge is 2.69. The first kappa shape index (κ1) is 19.3. The van der Waals surface area contributed by atoms with Gasteiger partial charge in [-0.25, -0.2) is 0 Å². The zero-order chi connectivity index (χ0) is 20.1. The van der Waals surface area contributed by atoms with E-state index < -0.39 is 0 Å². The van der Waals surface area contributed by atoms with Crippen LogP contribution in [0.4, 0.5) is 0 Å². The summed E-state index contributed by atoms with van der Waals surface area (Å²) >= 11 is 0. The number of hydrogen-bond donors (Lipinski definition) is 1. The molecule has 2 heterocycles. The van der Waals surface area contributed by atoms with Crippen LogP contribution in [0.5, 0.6) is 0 Å². The summed E-state index contributed by atoms with van der Waals surface area (Å²) < 4.78 is 0. The molecular formula is C27H44NO+. The number of Topliss-reactive ketones (excluding diaryl/α,β-unsaturated/α-hetero) is 1. The van der Waals surface area contributed by atoms with Crippen LogP contribution in [0.1, 0.15) is 91.9 Å². The zero-order valence-corrected chi connectivity index (χ0v) is 19.4. The van der Waals surface area contributed by atoms with E-state index in [4.69, 9.17) is 0 Å². The van der Waals surface area contributed by atoms with Crippen LogP contribution in [0.3, 0.4) is 0 Å². The van der Waals surface area contributed by atoms with Gasteiger partial charge in [0.25, 0.3) is 0 Å². The Morgan fingerprint density at radius 1 is 0.897 bits per heavy atom. The number of hydrogen-bond acceptors (Lipinski definition) is 1. The molecule has 6 rings (SSSR count). The molecule has 2 aliphatic heterocycles. The molecule has 0 aromatic rings. The lowest BCUT2D eigenvalue weighted by Gasteiger charge is -2.60. The molecule has 1 N–H and O–H groups in total. The van der Waals surface area contributed by atoms with Crippen molar-refractivity contribution in [3.63, 3.8) is 0 Å². The van der Waals surface area contributed by atoms with Crippen LogP contribution in [0, 0.1) is 52.3 Å². The van der Waals surface area contributed by atoms with Gasteiger partial charge in [-0.05, 0) is 73.0 Å². The molecule has 12 atom stereocenters. The van der Waals surface area contributed by atoms with E-state index in [-0.39, 0.29) is 0 Å². The van der Waals surface area contributed by atoms with E-state index in [1.54, 1.807) is 0 Å². The Labute approximate surface area is 178 Å². The summed E-state index contributed by atoms with van der Waals surface area (Å²) in [5.74, 6) is 6.96. The third-order valence-corrected chi connectivity index (χ3v) is 12.3. The Morgan fingerprint density at radius 2 is 1.72 bits per heavy atom. The van der Waals surface area contributed by atoms with Gasteiger partial charge >= 0.3 is 0 Å². The number of carbonyl (C=O) groups is 1. The van der Waals surface area contributed by atoms with Gasteiger partial charge in [0.05, 0.1) is 18.6 Å². The summed E-state index contributed by atoms with van der Waals surface area (Å²) in [5.41, 5.74) is 1.07. The second-order valence-corrected chi connectivity index (χ2v) is 13.2. The molecule has 0 aromatic carbocycles. The number of carbonyl (C=O) groups excluding carboxylic acids is 1. The lowest BCUT2D eigenvalue weighted by Crippen LogP contribution is -3.18. The first-order chi connectivity index (χ1) is 13.8. The zero-order valence-electron chi connectivity index (χ0n) is 19.4. The standard InChI is InChI=1S/C27H43NO/c1-16-5-8-23-17(2)25-24(28(23)15-16)14-22-20-7-6-18-13-19(29)9-11-26(18,3)21(20)10-12-27(22,25)4/h16-18,20-25H,5-15H2,1-4H3/p+1/t16-,17+,18?,20+,21-,22-,23+,24-,25-,26-,27-/m0/s1. The van der Waals surface area contributed by atoms with Gasteiger partial charge in [-0.3, -0.25) is 4.79 Å². The SMILES string of the molecule is C[C@H]1CC[C@@H]2[C@@H](C)[C@H]3[C@H](C[C@H]4[C@@H]5CCC6CC(=O)CC[C@]6(C)[C@H]5CC[C@]34C)[NH+]2C1. The number of fused-ring (bicyclic) bond motifs is 9. The highest BCUT2D eigenvalue weighted by atomic mass is 16.1. The van der Waals surface area contributed by atoms with E-state index >= 15 is 0 Å². The van der Waals surface area contributed by atoms with Crippen molar-refractivity contribution in [2.75, 3.05) is 6.54 Å². The van der Waals surface area contributed by atoms with Crippen molar-refractivity contribution in [2.24, 2.45) is 52.3 Å². The molecule has 6 fully saturated rings. The van der Waals surface area contributed by atoms with E-state index in [1.165, 1.54) is 57.9 Å². The maximum Gasteiger partial charge on any atom is 0.133 e. The molecule has 2 nitrogen and oxygen atoms in total. The Hall–Kier alpha value is -0.370. The van der Waals surface area contributed by atoms with Crippen LogP contribution in [0.25, 0.3) is 0 Å². The van der Waals surface area contributed by atoms with Crippen LogP contribution in [-0.4, -0.2) is 24.4 Å². The second kappa shape index (κ2) is 6.33. The summed E-state index contributed by atoms with van der Waals surface area (Å²) in [4.78, 5) is 14.2. The largest absolute Gasteiger partial charge is 0.329 e. The minimum absolute atomic E-state index is 0.469. The molecule has 29 heavy (non-hydrogen) atoms. The monoisotopic (exact) mass is 398 g/mol. The predicted octanol–water partition coefficient (Wildman–Crippen LogP) is 4.53. The van der Waals surface area contributed by atoms with E-state index in [2.05, 4.69) is 27.7 Å². The molecule has 162 valence electrons. The Bertz CT molecular complexity index is 703. The van der Waals surface area contributed by atoms with Crippen molar-refractivity contribution in [1.29, 1.82) is 0 Å². The smallest absolute Gasteiger partial charge is 0.133 e. The van der Waals surface area contributed by atoms with Crippen molar-refractivity contribution in [2.45, 2.75) is 104 Å². The topological polar surface area (TPSA) is 21.5 Å². The van der Waals surface area contributed by atoms with Gasteiger partial charge in [0.15, 0.2) is 0 Å². The summed E-state index contributed by atoms with van der Waals surface area (Å²) in [6.45, 7) is 12.0. The first-order valence-corrected chi connectivity index (χ1v) is 13.2. The van der Waals surface area contributed by atoms with Gasteiger partial charge in [-0.2, -0.15) is 0 Å². The van der Waals surface area contributed by atoms with Gasteiger partial charge in [0.2, 0.25) is 0 Å². The average Bonchev–Trinajstić information content (AvgIpc) is 3.15. The second-order valence-electron chi connectivity index (χ2n) is 13.2. The fraction of sp³-hybridized carbons (Fsp3) is 0.963. The van der Waals surface area contributed by atoms with Crippen LogP contribution < -0.4 is 4.90 Å². The molecule has 6 aliphatic rings. The number of ketones is 1. The molecule has 2 heteroatoms. The van der Waals surface area contributed by atoms with Crippen molar-refractivity contribution < 1.29 is 9.69 Å². The highest BCUT2D eigenvalue weighted by molar-refractivity contribution is 5.79. The van der Waals surface area contributed by atoms with Gasteiger partial charge in [0.1, 0.15) is 5.78 Å². The molecule has 0 bridgehead atoms. The third-order valence-electron chi connectivity index (χ3n) is 12.3. The molecule has 0 aromatic heterocycles. The van der Waals surface area contributed by atoms with E-state index in [0.717, 1.165) is 60.4 Å². The van der Waals surface area contributed by atoms with E-state index in [1.807, 2.05) is 4.90 Å². The molecule has 2 unspecified atom stereocenters. The van der Waals surface area contributed by atoms with Gasteiger partial charge in [-0.1, -0.05) is 27.7 Å². The van der Waals surface area contributed by atoms with Crippen LogP contribution in [0.15, 0.2) is 0 Å². The Morgan fingerprint density at radius 3 is 2.55 bits per heavy atom. The molecule has 4 saturated carbocycles. The van der Waals surface area contributed by atoms with Gasteiger partial charge in [-0.15, -0.1) is 0 Å². The lowest BCUT2D eigenvalue weighted by molar-refractivity contribution is -0.946. The average molecular weight is 399 g/mol. The third kappa shape index (κ3) is 2.48. The fourth-order valence-electron chi connectivity index (χ4n) is 11.1. The summed E-state index contributed by atoms with van der Waals surface area (Å²) in [6.07, 6.45) is 13.2. The maximum atomic E-state index is 12.2. The molecule has 0 spiro atoms. The van der Waals surface area contributed by atoms with E-state index in [9.17, 15) is 4.79 Å². The van der Waals surface area contributed by atoms with Gasteiger partial charge in [0, 0.05) is 43.4 Å². The quantitative estimate of drug-likeness (QED) is 0.636. The molecule has 0 amide bonds. The minimum atomic E-state index is 0.469. The minimum Gasteiger partial charge on any atom is -0.329 e. The normalized spacial score (nSPS) is 61.3. The van der Waals surface area contributed by atoms with Crippen molar-refractivity contribution in [3.05, 3.63) is 0 Å². The summed E-state index contributed by atoms with van der Waals surface area (Å²) in [6, 6.07) is 1.93. The summed E-state index contributed by atoms with van der Waals surface area (Å²) in [5, 5.41) is 0. The Balaban J connectivity index is 1.31. The van der Waals surface area contributed by atoms with Crippen LogP contribution in [0.2, 0.25) is 0 Å². The molecule has 2 saturated heterocycles. The number of piperidine rings is 1. The van der Waals surface area contributed by atoms with Crippen LogP contribution >= 0.6 is 0 Å². The number of nitrogens with one attached hydrogen (secondary N) is 1. The Kier molecular flexibility index (Phi) is 4.22. The highest BCUT2D eigenvalue weighted by Crippen LogP contribution is 2.68.